The van der Waals surface area contributed by atoms with Crippen molar-refractivity contribution in [3.05, 3.63) is 29.8 Å². The van der Waals surface area contributed by atoms with Gasteiger partial charge in [0.15, 0.2) is 0 Å². The lowest BCUT2D eigenvalue weighted by atomic mass is 9.89. The molecule has 0 aliphatic rings. The summed E-state index contributed by atoms with van der Waals surface area (Å²) in [6.45, 7) is 5.75. The fourth-order valence-corrected chi connectivity index (χ4v) is 1.55. The Labute approximate surface area is 113 Å². The number of anilines is 1. The summed E-state index contributed by atoms with van der Waals surface area (Å²) in [4.78, 5) is 22.8. The van der Waals surface area contributed by atoms with Gasteiger partial charge < -0.3 is 10.4 Å². The lowest BCUT2D eigenvalue weighted by Crippen LogP contribution is -2.30. The fourth-order valence-electron chi connectivity index (χ4n) is 1.55. The van der Waals surface area contributed by atoms with Crippen LogP contribution in [0.25, 0.3) is 0 Å². The molecule has 1 amide bonds. The number of hydrogen-bond acceptors (Lipinski definition) is 2. The number of carboxylic acid groups (broad SMARTS) is 1. The van der Waals surface area contributed by atoms with Gasteiger partial charge in [0.1, 0.15) is 0 Å². The summed E-state index contributed by atoms with van der Waals surface area (Å²) in [5.41, 5.74) is 1.13. The average Bonchev–Trinajstić information content (AvgIpc) is 2.37. The Bertz CT molecular complexity index is 466. The molecule has 2 N–H and O–H groups in total. The molecule has 19 heavy (non-hydrogen) atoms. The highest BCUT2D eigenvalue weighted by Gasteiger charge is 2.25. The zero-order valence-corrected chi connectivity index (χ0v) is 11.7. The van der Waals surface area contributed by atoms with E-state index in [0.717, 1.165) is 12.0 Å². The van der Waals surface area contributed by atoms with E-state index >= 15 is 0 Å². The van der Waals surface area contributed by atoms with Crippen LogP contribution >= 0.6 is 0 Å². The number of carboxylic acids is 1. The third-order valence-electron chi connectivity index (χ3n) is 3.37. The molecule has 0 radical (unpaired) electrons. The van der Waals surface area contributed by atoms with Gasteiger partial charge in [-0.25, -0.2) is 0 Å². The molecule has 0 unspecified atom stereocenters. The van der Waals surface area contributed by atoms with Crippen LogP contribution in [0.15, 0.2) is 24.3 Å². The van der Waals surface area contributed by atoms with Crippen molar-refractivity contribution in [2.45, 2.75) is 40.0 Å². The molecule has 4 nitrogen and oxygen atoms in total. The number of benzene rings is 1. The third-order valence-corrected chi connectivity index (χ3v) is 3.37. The number of carbonyl (C=O) groups excluding carboxylic acids is 1. The fraction of sp³-hybridized carbons (Fsp3) is 0.467. The molecule has 0 atom stereocenters. The Morgan fingerprint density at radius 1 is 1.26 bits per heavy atom. The molecule has 0 saturated carbocycles. The Morgan fingerprint density at radius 2 is 1.89 bits per heavy atom. The number of para-hydroxylation sites is 1. The van der Waals surface area contributed by atoms with Crippen LogP contribution in [0.2, 0.25) is 0 Å². The molecule has 0 fully saturated rings. The summed E-state index contributed by atoms with van der Waals surface area (Å²) in [5, 5.41) is 11.6. The Hall–Kier alpha value is -1.84. The van der Waals surface area contributed by atoms with Crippen molar-refractivity contribution in [1.29, 1.82) is 0 Å². The number of carbonyl (C=O) groups is 2. The maximum absolute atomic E-state index is 12.1. The maximum Gasteiger partial charge on any atom is 0.303 e. The van der Waals surface area contributed by atoms with Gasteiger partial charge in [-0.1, -0.05) is 39.0 Å². The summed E-state index contributed by atoms with van der Waals surface area (Å²) < 4.78 is 0. The van der Waals surface area contributed by atoms with Crippen LogP contribution < -0.4 is 5.32 Å². The second-order valence-electron chi connectivity index (χ2n) is 5.24. The predicted molar refractivity (Wildman–Crippen MR) is 75.1 cm³/mol. The van der Waals surface area contributed by atoms with Crippen molar-refractivity contribution in [3.63, 3.8) is 0 Å². The molecule has 0 bridgehead atoms. The lowest BCUT2D eigenvalue weighted by molar-refractivity contribution is -0.137. The molecule has 0 spiro atoms. The molecule has 1 aromatic carbocycles. The highest BCUT2D eigenvalue weighted by Crippen LogP contribution is 2.24. The van der Waals surface area contributed by atoms with E-state index in [9.17, 15) is 9.59 Å². The van der Waals surface area contributed by atoms with E-state index in [4.69, 9.17) is 5.11 Å². The van der Waals surface area contributed by atoms with Gasteiger partial charge in [-0.15, -0.1) is 0 Å². The van der Waals surface area contributed by atoms with Gasteiger partial charge in [-0.2, -0.15) is 0 Å². The Kier molecular flexibility index (Phi) is 5.10. The van der Waals surface area contributed by atoms with Crippen molar-refractivity contribution in [3.8, 4) is 0 Å². The van der Waals surface area contributed by atoms with Crippen LogP contribution in [0.5, 0.6) is 0 Å². The number of amides is 1. The lowest BCUT2D eigenvalue weighted by Gasteiger charge is -2.22. The van der Waals surface area contributed by atoms with Crippen molar-refractivity contribution >= 4 is 17.6 Å². The Morgan fingerprint density at radius 3 is 2.47 bits per heavy atom. The van der Waals surface area contributed by atoms with E-state index in [1.165, 1.54) is 0 Å². The molecule has 104 valence electrons. The van der Waals surface area contributed by atoms with E-state index in [1.54, 1.807) is 6.07 Å². The van der Waals surface area contributed by atoms with E-state index < -0.39 is 11.4 Å². The summed E-state index contributed by atoms with van der Waals surface area (Å²) >= 11 is 0. The first-order chi connectivity index (χ1) is 8.86. The third kappa shape index (κ3) is 4.39. The number of nitrogens with one attached hydrogen (secondary N) is 1. The SMILES string of the molecule is CCC(C)(C)C(=O)Nc1ccccc1CCC(=O)O. The van der Waals surface area contributed by atoms with Crippen LogP contribution in [0.1, 0.15) is 39.2 Å². The number of aryl methyl sites for hydroxylation is 1. The van der Waals surface area contributed by atoms with Gasteiger partial charge in [0.05, 0.1) is 0 Å². The minimum atomic E-state index is -0.838. The van der Waals surface area contributed by atoms with Crippen LogP contribution in [-0.2, 0) is 16.0 Å². The number of rotatable bonds is 6. The smallest absolute Gasteiger partial charge is 0.303 e. The molecule has 0 aromatic heterocycles. The topological polar surface area (TPSA) is 66.4 Å². The first-order valence-corrected chi connectivity index (χ1v) is 6.48. The van der Waals surface area contributed by atoms with E-state index in [1.807, 2.05) is 39.0 Å². The normalized spacial score (nSPS) is 11.1. The van der Waals surface area contributed by atoms with Crippen LogP contribution in [0, 0.1) is 5.41 Å². The molecule has 4 heteroatoms. The summed E-state index contributed by atoms with van der Waals surface area (Å²) in [6, 6.07) is 7.33. The first-order valence-electron chi connectivity index (χ1n) is 6.48. The Balaban J connectivity index is 2.83. The second-order valence-corrected chi connectivity index (χ2v) is 5.24. The van der Waals surface area contributed by atoms with Crippen LogP contribution in [0.3, 0.4) is 0 Å². The minimum Gasteiger partial charge on any atom is -0.481 e. The molecule has 1 aromatic rings. The zero-order valence-electron chi connectivity index (χ0n) is 11.7. The highest BCUT2D eigenvalue weighted by molar-refractivity contribution is 5.95. The van der Waals surface area contributed by atoms with Gasteiger partial charge in [-0.3, -0.25) is 9.59 Å². The van der Waals surface area contributed by atoms with Crippen molar-refractivity contribution in [2.24, 2.45) is 5.41 Å². The summed E-state index contributed by atoms with van der Waals surface area (Å²) in [5.74, 6) is -0.882. The zero-order chi connectivity index (χ0) is 14.5. The van der Waals surface area contributed by atoms with E-state index in [2.05, 4.69) is 5.32 Å². The molecule has 0 heterocycles. The predicted octanol–water partition coefficient (Wildman–Crippen LogP) is 3.08. The monoisotopic (exact) mass is 263 g/mol. The van der Waals surface area contributed by atoms with E-state index in [-0.39, 0.29) is 12.3 Å². The van der Waals surface area contributed by atoms with E-state index in [0.29, 0.717) is 12.1 Å². The molecule has 0 saturated heterocycles. The highest BCUT2D eigenvalue weighted by atomic mass is 16.4. The van der Waals surface area contributed by atoms with Crippen molar-refractivity contribution < 1.29 is 14.7 Å². The van der Waals surface area contributed by atoms with Gasteiger partial charge >= 0.3 is 5.97 Å². The quantitative estimate of drug-likeness (QED) is 0.828. The summed E-state index contributed by atoms with van der Waals surface area (Å²) in [6.07, 6.45) is 1.22. The van der Waals surface area contributed by atoms with Gasteiger partial charge in [-0.05, 0) is 24.5 Å². The first kappa shape index (κ1) is 15.2. The van der Waals surface area contributed by atoms with Gasteiger partial charge in [0.2, 0.25) is 5.91 Å². The molecule has 0 aliphatic carbocycles. The van der Waals surface area contributed by atoms with Gasteiger partial charge in [0, 0.05) is 17.5 Å². The number of hydrogen-bond donors (Lipinski definition) is 2. The largest absolute Gasteiger partial charge is 0.481 e. The maximum atomic E-state index is 12.1. The minimum absolute atomic E-state index is 0.0437. The molecular weight excluding hydrogens is 242 g/mol. The van der Waals surface area contributed by atoms with Crippen LogP contribution in [-0.4, -0.2) is 17.0 Å². The van der Waals surface area contributed by atoms with Gasteiger partial charge in [0.25, 0.3) is 0 Å². The van der Waals surface area contributed by atoms with Crippen molar-refractivity contribution in [1.82, 2.24) is 0 Å². The average molecular weight is 263 g/mol. The molecule has 1 rings (SSSR count). The molecule has 0 aliphatic heterocycles. The standard InChI is InChI=1S/C15H21NO3/c1-4-15(2,3)14(19)16-12-8-6-5-7-11(12)9-10-13(17)18/h5-8H,4,9-10H2,1-3H3,(H,16,19)(H,17,18). The number of aliphatic carboxylic acids is 1. The van der Waals surface area contributed by atoms with Crippen LogP contribution in [0.4, 0.5) is 5.69 Å². The van der Waals surface area contributed by atoms with Crippen molar-refractivity contribution in [2.75, 3.05) is 5.32 Å². The molecular formula is C15H21NO3. The summed E-state index contributed by atoms with van der Waals surface area (Å²) in [7, 11) is 0. The second kappa shape index (κ2) is 6.36.